The average Bonchev–Trinajstić information content (AvgIpc) is 2.73. The first kappa shape index (κ1) is 21.2. The Balaban J connectivity index is 1.65. The summed E-state index contributed by atoms with van der Waals surface area (Å²) in [4.78, 5) is 12.4. The summed E-state index contributed by atoms with van der Waals surface area (Å²) in [5.74, 6) is 0.224. The minimum absolute atomic E-state index is 0.00113. The van der Waals surface area contributed by atoms with E-state index in [0.717, 1.165) is 11.1 Å². The molecule has 0 fully saturated rings. The third-order valence-corrected chi connectivity index (χ3v) is 4.85. The number of hydrogen-bond donors (Lipinski definition) is 1. The molecule has 0 saturated heterocycles. The van der Waals surface area contributed by atoms with Gasteiger partial charge in [0.15, 0.2) is 0 Å². The molecule has 3 aromatic carbocycles. The molecule has 150 valence electrons. The second kappa shape index (κ2) is 9.78. The Kier molecular flexibility index (Phi) is 6.90. The zero-order chi connectivity index (χ0) is 21.5. The monoisotopic (exact) mass is 416 g/mol. The van der Waals surface area contributed by atoms with Crippen molar-refractivity contribution in [2.45, 2.75) is 20.5 Å². The maximum atomic E-state index is 12.4. The van der Waals surface area contributed by atoms with Crippen molar-refractivity contribution in [2.24, 2.45) is 0 Å². The lowest BCUT2D eigenvalue weighted by atomic mass is 10.1. The van der Waals surface area contributed by atoms with Crippen LogP contribution in [0.15, 0.2) is 72.3 Å². The molecule has 0 spiro atoms. The minimum Gasteiger partial charge on any atom is -0.489 e. The fraction of sp³-hybridized carbons (Fsp3) is 0.120. The van der Waals surface area contributed by atoms with E-state index in [-0.39, 0.29) is 5.57 Å². The van der Waals surface area contributed by atoms with Crippen molar-refractivity contribution < 1.29 is 9.53 Å². The number of amides is 1. The molecule has 0 bridgehead atoms. The van der Waals surface area contributed by atoms with Gasteiger partial charge in [-0.3, -0.25) is 4.79 Å². The Morgan fingerprint density at radius 2 is 1.83 bits per heavy atom. The quantitative estimate of drug-likeness (QED) is 0.391. The SMILES string of the molecule is Cc1ccc(COc2ccc(/C=C(\C#N)C(=O)Nc3cccc(Cl)c3)cc2)cc1C. The fourth-order valence-corrected chi connectivity index (χ4v) is 2.99. The first-order valence-corrected chi connectivity index (χ1v) is 9.80. The van der Waals surface area contributed by atoms with E-state index in [9.17, 15) is 10.1 Å². The van der Waals surface area contributed by atoms with Crippen molar-refractivity contribution in [1.82, 2.24) is 0 Å². The van der Waals surface area contributed by atoms with Crippen LogP contribution in [0, 0.1) is 25.2 Å². The summed E-state index contributed by atoms with van der Waals surface area (Å²) >= 11 is 5.92. The lowest BCUT2D eigenvalue weighted by Crippen LogP contribution is -2.13. The molecule has 0 aliphatic carbocycles. The molecule has 1 N–H and O–H groups in total. The molecule has 0 aromatic heterocycles. The van der Waals surface area contributed by atoms with Crippen LogP contribution >= 0.6 is 11.6 Å². The summed E-state index contributed by atoms with van der Waals surface area (Å²) in [7, 11) is 0. The number of rotatable bonds is 6. The molecule has 0 unspecified atom stereocenters. The Morgan fingerprint density at radius 3 is 2.50 bits per heavy atom. The van der Waals surface area contributed by atoms with Crippen LogP contribution in [-0.4, -0.2) is 5.91 Å². The van der Waals surface area contributed by atoms with Gasteiger partial charge in [-0.25, -0.2) is 0 Å². The van der Waals surface area contributed by atoms with Gasteiger partial charge in [-0.05, 0) is 72.5 Å². The highest BCUT2D eigenvalue weighted by Gasteiger charge is 2.10. The van der Waals surface area contributed by atoms with Crippen LogP contribution in [0.4, 0.5) is 5.69 Å². The van der Waals surface area contributed by atoms with Gasteiger partial charge in [0, 0.05) is 10.7 Å². The number of benzene rings is 3. The van der Waals surface area contributed by atoms with Crippen LogP contribution in [0.1, 0.15) is 22.3 Å². The molecular weight excluding hydrogens is 396 g/mol. The van der Waals surface area contributed by atoms with E-state index < -0.39 is 5.91 Å². The van der Waals surface area contributed by atoms with Crippen molar-refractivity contribution >= 4 is 29.3 Å². The Hall–Kier alpha value is -3.55. The van der Waals surface area contributed by atoms with Crippen LogP contribution < -0.4 is 10.1 Å². The topological polar surface area (TPSA) is 62.1 Å². The van der Waals surface area contributed by atoms with Crippen molar-refractivity contribution in [3.8, 4) is 11.8 Å². The number of hydrogen-bond acceptors (Lipinski definition) is 3. The van der Waals surface area contributed by atoms with Gasteiger partial charge in [0.1, 0.15) is 24.0 Å². The highest BCUT2D eigenvalue weighted by molar-refractivity contribution is 6.31. The summed E-state index contributed by atoms with van der Waals surface area (Å²) in [6.07, 6.45) is 1.53. The molecule has 0 atom stereocenters. The standard InChI is InChI=1S/C25H21ClN2O2/c1-17-6-7-20(12-18(17)2)16-30-24-10-8-19(9-11-24)13-21(15-27)25(29)28-23-5-3-4-22(26)14-23/h3-14H,16H2,1-2H3,(H,28,29)/b21-13+. The molecule has 0 heterocycles. The summed E-state index contributed by atoms with van der Waals surface area (Å²) < 4.78 is 5.83. The maximum Gasteiger partial charge on any atom is 0.266 e. The largest absolute Gasteiger partial charge is 0.489 e. The Morgan fingerprint density at radius 1 is 1.07 bits per heavy atom. The first-order valence-electron chi connectivity index (χ1n) is 9.42. The highest BCUT2D eigenvalue weighted by atomic mass is 35.5. The minimum atomic E-state index is -0.491. The normalized spacial score (nSPS) is 10.9. The third kappa shape index (κ3) is 5.73. The Bertz CT molecular complexity index is 1130. The van der Waals surface area contributed by atoms with Gasteiger partial charge >= 0.3 is 0 Å². The molecule has 0 aliphatic heterocycles. The van der Waals surface area contributed by atoms with Gasteiger partial charge in [-0.2, -0.15) is 5.26 Å². The van der Waals surface area contributed by atoms with Gasteiger partial charge in [-0.1, -0.05) is 48.0 Å². The summed E-state index contributed by atoms with van der Waals surface area (Å²) in [6.45, 7) is 4.63. The van der Waals surface area contributed by atoms with Gasteiger partial charge in [-0.15, -0.1) is 0 Å². The average molecular weight is 417 g/mol. The van der Waals surface area contributed by atoms with Crippen molar-refractivity contribution in [1.29, 1.82) is 5.26 Å². The lowest BCUT2D eigenvalue weighted by Gasteiger charge is -2.09. The van der Waals surface area contributed by atoms with E-state index in [1.807, 2.05) is 18.2 Å². The van der Waals surface area contributed by atoms with Crippen molar-refractivity contribution in [3.63, 3.8) is 0 Å². The number of halogens is 1. The molecule has 4 nitrogen and oxygen atoms in total. The molecule has 3 aromatic rings. The van der Waals surface area contributed by atoms with Crippen LogP contribution in [-0.2, 0) is 11.4 Å². The fourth-order valence-electron chi connectivity index (χ4n) is 2.80. The second-order valence-corrected chi connectivity index (χ2v) is 7.35. The van der Waals surface area contributed by atoms with Crippen molar-refractivity contribution in [2.75, 3.05) is 5.32 Å². The number of ether oxygens (including phenoxy) is 1. The Labute approximate surface area is 181 Å². The van der Waals surface area contributed by atoms with Crippen LogP contribution in [0.3, 0.4) is 0 Å². The number of nitriles is 1. The van der Waals surface area contributed by atoms with E-state index in [0.29, 0.717) is 23.1 Å². The molecule has 0 radical (unpaired) electrons. The van der Waals surface area contributed by atoms with Gasteiger partial charge in [0.25, 0.3) is 5.91 Å². The molecule has 30 heavy (non-hydrogen) atoms. The number of aryl methyl sites for hydroxylation is 2. The predicted octanol–water partition coefficient (Wildman–Crippen LogP) is 6.08. The second-order valence-electron chi connectivity index (χ2n) is 6.91. The smallest absolute Gasteiger partial charge is 0.266 e. The van der Waals surface area contributed by atoms with Gasteiger partial charge in [0.05, 0.1) is 0 Å². The number of carbonyl (C=O) groups excluding carboxylic acids is 1. The van der Waals surface area contributed by atoms with Crippen LogP contribution in [0.2, 0.25) is 5.02 Å². The van der Waals surface area contributed by atoms with E-state index in [1.165, 1.54) is 17.2 Å². The number of nitrogens with zero attached hydrogens (tertiary/aromatic N) is 1. The van der Waals surface area contributed by atoms with E-state index in [4.69, 9.17) is 16.3 Å². The molecule has 1 amide bonds. The van der Waals surface area contributed by atoms with Crippen molar-refractivity contribution in [3.05, 3.63) is 99.6 Å². The first-order chi connectivity index (χ1) is 14.4. The zero-order valence-electron chi connectivity index (χ0n) is 16.8. The molecule has 3 rings (SSSR count). The number of nitrogens with one attached hydrogen (secondary N) is 1. The van der Waals surface area contributed by atoms with Crippen LogP contribution in [0.25, 0.3) is 6.08 Å². The predicted molar refractivity (Wildman–Crippen MR) is 120 cm³/mol. The third-order valence-electron chi connectivity index (χ3n) is 4.62. The van der Waals surface area contributed by atoms with Gasteiger partial charge < -0.3 is 10.1 Å². The highest BCUT2D eigenvalue weighted by Crippen LogP contribution is 2.19. The lowest BCUT2D eigenvalue weighted by molar-refractivity contribution is -0.112. The number of anilines is 1. The molecular formula is C25H21ClN2O2. The summed E-state index contributed by atoms with van der Waals surface area (Å²) in [6, 6.07) is 22.2. The molecule has 0 aliphatic rings. The van der Waals surface area contributed by atoms with Crippen LogP contribution in [0.5, 0.6) is 5.75 Å². The maximum absolute atomic E-state index is 12.4. The zero-order valence-corrected chi connectivity index (χ0v) is 17.5. The van der Waals surface area contributed by atoms with Gasteiger partial charge in [0.2, 0.25) is 0 Å². The molecule has 5 heteroatoms. The van der Waals surface area contributed by atoms with E-state index in [2.05, 4.69) is 37.4 Å². The molecule has 0 saturated carbocycles. The number of carbonyl (C=O) groups is 1. The van der Waals surface area contributed by atoms with E-state index >= 15 is 0 Å². The van der Waals surface area contributed by atoms with E-state index in [1.54, 1.807) is 36.4 Å². The summed E-state index contributed by atoms with van der Waals surface area (Å²) in [5.41, 5.74) is 4.85. The summed E-state index contributed by atoms with van der Waals surface area (Å²) in [5, 5.41) is 12.5.